The van der Waals surface area contributed by atoms with Gasteiger partial charge in [0.15, 0.2) is 0 Å². The van der Waals surface area contributed by atoms with Gasteiger partial charge in [0.25, 0.3) is 5.91 Å². The predicted molar refractivity (Wildman–Crippen MR) is 96.1 cm³/mol. The molecule has 1 rings (SSSR count). The van der Waals surface area contributed by atoms with E-state index in [0.717, 1.165) is 12.8 Å². The Bertz CT molecular complexity index is 517. The zero-order valence-electron chi connectivity index (χ0n) is 14.5. The van der Waals surface area contributed by atoms with E-state index in [1.165, 1.54) is 11.3 Å². The molecule has 1 heterocycles. The summed E-state index contributed by atoms with van der Waals surface area (Å²) in [6.07, 6.45) is 2.56. The lowest BCUT2D eigenvalue weighted by Gasteiger charge is -2.21. The highest BCUT2D eigenvalue weighted by Gasteiger charge is 2.16. The van der Waals surface area contributed by atoms with Gasteiger partial charge in [-0.1, -0.05) is 13.8 Å². The molecule has 0 saturated carbocycles. The second-order valence-electron chi connectivity index (χ2n) is 5.54. The van der Waals surface area contributed by atoms with Crippen molar-refractivity contribution in [3.63, 3.8) is 0 Å². The average molecular weight is 353 g/mol. The number of thiophene rings is 1. The smallest absolute Gasteiger partial charge is 0.252 e. The van der Waals surface area contributed by atoms with E-state index in [4.69, 9.17) is 0 Å². The van der Waals surface area contributed by atoms with Gasteiger partial charge < -0.3 is 15.5 Å². The molecule has 2 N–H and O–H groups in total. The summed E-state index contributed by atoms with van der Waals surface area (Å²) < 4.78 is 0. The molecular formula is C17H27N3O3S. The van der Waals surface area contributed by atoms with Crippen molar-refractivity contribution in [3.05, 3.63) is 22.4 Å². The van der Waals surface area contributed by atoms with E-state index < -0.39 is 0 Å². The summed E-state index contributed by atoms with van der Waals surface area (Å²) in [6, 6.07) is 1.77. The van der Waals surface area contributed by atoms with Crippen LogP contribution in [0, 0.1) is 0 Å². The summed E-state index contributed by atoms with van der Waals surface area (Å²) in [5.74, 6) is -0.286. The number of nitrogens with one attached hydrogen (secondary N) is 2. The molecule has 3 amide bonds. The molecule has 134 valence electrons. The second-order valence-corrected chi connectivity index (χ2v) is 6.32. The fourth-order valence-corrected chi connectivity index (χ4v) is 2.79. The molecule has 7 heteroatoms. The van der Waals surface area contributed by atoms with E-state index in [9.17, 15) is 14.4 Å². The lowest BCUT2D eigenvalue weighted by molar-refractivity contribution is -0.136. The number of carbonyl (C=O) groups is 3. The molecule has 0 saturated heterocycles. The van der Waals surface area contributed by atoms with E-state index in [2.05, 4.69) is 10.6 Å². The molecule has 0 atom stereocenters. The molecule has 1 aromatic heterocycles. The van der Waals surface area contributed by atoms with E-state index >= 15 is 0 Å². The number of nitrogens with zero attached hydrogens (tertiary/aromatic N) is 1. The monoisotopic (exact) mass is 353 g/mol. The van der Waals surface area contributed by atoms with Crippen molar-refractivity contribution in [2.75, 3.05) is 26.2 Å². The molecule has 0 bridgehead atoms. The highest BCUT2D eigenvalue weighted by Crippen LogP contribution is 2.05. The topological polar surface area (TPSA) is 78.5 Å². The summed E-state index contributed by atoms with van der Waals surface area (Å²) in [5, 5.41) is 9.22. The van der Waals surface area contributed by atoms with E-state index in [1.807, 2.05) is 19.2 Å². The van der Waals surface area contributed by atoms with Gasteiger partial charge in [-0.3, -0.25) is 14.4 Å². The van der Waals surface area contributed by atoms with E-state index in [1.54, 1.807) is 16.3 Å². The molecule has 1 aromatic rings. The number of hydrogen-bond acceptors (Lipinski definition) is 4. The average Bonchev–Trinajstić information content (AvgIpc) is 3.10. The molecule has 0 aromatic carbocycles. The zero-order valence-corrected chi connectivity index (χ0v) is 15.3. The van der Waals surface area contributed by atoms with Crippen LogP contribution in [-0.2, 0) is 9.59 Å². The highest BCUT2D eigenvalue weighted by molar-refractivity contribution is 7.08. The van der Waals surface area contributed by atoms with Crippen LogP contribution >= 0.6 is 11.3 Å². The van der Waals surface area contributed by atoms with Gasteiger partial charge in [-0.25, -0.2) is 0 Å². The maximum absolute atomic E-state index is 12.3. The first-order valence-corrected chi connectivity index (χ1v) is 9.37. The van der Waals surface area contributed by atoms with Crippen molar-refractivity contribution in [3.8, 4) is 0 Å². The van der Waals surface area contributed by atoms with Crippen LogP contribution in [-0.4, -0.2) is 48.8 Å². The van der Waals surface area contributed by atoms with Gasteiger partial charge in [-0.15, -0.1) is 0 Å². The Morgan fingerprint density at radius 3 is 2.54 bits per heavy atom. The SMILES string of the molecule is CCCNC(=O)CN(CCC)C(=O)CCCNC(=O)c1ccsc1. The van der Waals surface area contributed by atoms with Crippen molar-refractivity contribution in [1.29, 1.82) is 0 Å². The summed E-state index contributed by atoms with van der Waals surface area (Å²) in [4.78, 5) is 37.4. The van der Waals surface area contributed by atoms with Gasteiger partial charge in [-0.05, 0) is 30.7 Å². The number of amides is 3. The maximum atomic E-state index is 12.3. The molecule has 0 aliphatic heterocycles. The van der Waals surface area contributed by atoms with Crippen LogP contribution in [0.4, 0.5) is 0 Å². The van der Waals surface area contributed by atoms with Crippen LogP contribution in [0.25, 0.3) is 0 Å². The molecule has 0 fully saturated rings. The summed E-state index contributed by atoms with van der Waals surface area (Å²) in [6.45, 7) is 5.71. The minimum Gasteiger partial charge on any atom is -0.355 e. The molecular weight excluding hydrogens is 326 g/mol. The standard InChI is InChI=1S/C17H27N3O3S/c1-3-8-18-15(21)12-20(10-4-2)16(22)6-5-9-19-17(23)14-7-11-24-13-14/h7,11,13H,3-6,8-10,12H2,1-2H3,(H,18,21)(H,19,23). The van der Waals surface area contributed by atoms with Crippen LogP contribution in [0.3, 0.4) is 0 Å². The van der Waals surface area contributed by atoms with Gasteiger partial charge in [0.1, 0.15) is 0 Å². The quantitative estimate of drug-likeness (QED) is 0.598. The summed E-state index contributed by atoms with van der Waals surface area (Å²) >= 11 is 1.47. The minimum absolute atomic E-state index is 0.0479. The van der Waals surface area contributed by atoms with Crippen molar-refractivity contribution in [1.82, 2.24) is 15.5 Å². The van der Waals surface area contributed by atoms with Crippen molar-refractivity contribution >= 4 is 29.1 Å². The Hall–Kier alpha value is -1.89. The van der Waals surface area contributed by atoms with Gasteiger partial charge >= 0.3 is 0 Å². The van der Waals surface area contributed by atoms with Gasteiger partial charge in [0, 0.05) is 37.0 Å². The molecule has 0 aliphatic rings. The molecule has 0 spiro atoms. The third-order valence-corrected chi connectivity index (χ3v) is 4.07. The lowest BCUT2D eigenvalue weighted by atomic mass is 10.2. The summed E-state index contributed by atoms with van der Waals surface area (Å²) in [7, 11) is 0. The van der Waals surface area contributed by atoms with Crippen LogP contribution < -0.4 is 10.6 Å². The molecule has 0 radical (unpaired) electrons. The van der Waals surface area contributed by atoms with Gasteiger partial charge in [0.2, 0.25) is 11.8 Å². The fourth-order valence-electron chi connectivity index (χ4n) is 2.15. The second kappa shape index (κ2) is 11.6. The predicted octanol–water partition coefficient (Wildman–Crippen LogP) is 2.02. The van der Waals surface area contributed by atoms with Crippen molar-refractivity contribution in [2.45, 2.75) is 39.5 Å². The van der Waals surface area contributed by atoms with Crippen LogP contribution in [0.1, 0.15) is 49.9 Å². The first-order chi connectivity index (χ1) is 11.6. The molecule has 6 nitrogen and oxygen atoms in total. The lowest BCUT2D eigenvalue weighted by Crippen LogP contribution is -2.41. The van der Waals surface area contributed by atoms with Gasteiger partial charge in [-0.2, -0.15) is 11.3 Å². The minimum atomic E-state index is -0.121. The molecule has 24 heavy (non-hydrogen) atoms. The first-order valence-electron chi connectivity index (χ1n) is 8.43. The van der Waals surface area contributed by atoms with E-state index in [-0.39, 0.29) is 24.3 Å². The molecule has 0 unspecified atom stereocenters. The first kappa shape index (κ1) is 20.2. The van der Waals surface area contributed by atoms with Crippen LogP contribution in [0.15, 0.2) is 16.8 Å². The fraction of sp³-hybridized carbons (Fsp3) is 0.588. The summed E-state index contributed by atoms with van der Waals surface area (Å²) in [5.41, 5.74) is 0.645. The Balaban J connectivity index is 2.31. The number of rotatable bonds is 11. The van der Waals surface area contributed by atoms with Crippen molar-refractivity contribution in [2.24, 2.45) is 0 Å². The Morgan fingerprint density at radius 1 is 1.12 bits per heavy atom. The Morgan fingerprint density at radius 2 is 1.92 bits per heavy atom. The largest absolute Gasteiger partial charge is 0.355 e. The van der Waals surface area contributed by atoms with Crippen molar-refractivity contribution < 1.29 is 14.4 Å². The third-order valence-electron chi connectivity index (χ3n) is 3.39. The third kappa shape index (κ3) is 7.59. The normalized spacial score (nSPS) is 10.2. The van der Waals surface area contributed by atoms with E-state index in [0.29, 0.717) is 38.0 Å². The van der Waals surface area contributed by atoms with Crippen LogP contribution in [0.5, 0.6) is 0 Å². The number of hydrogen-bond donors (Lipinski definition) is 2. The maximum Gasteiger partial charge on any atom is 0.252 e. The zero-order chi connectivity index (χ0) is 17.8. The molecule has 0 aliphatic carbocycles. The Kier molecular flexibility index (Phi) is 9.76. The van der Waals surface area contributed by atoms with Crippen LogP contribution in [0.2, 0.25) is 0 Å². The van der Waals surface area contributed by atoms with Gasteiger partial charge in [0.05, 0.1) is 6.54 Å². The number of carbonyl (C=O) groups excluding carboxylic acids is 3. The highest BCUT2D eigenvalue weighted by atomic mass is 32.1. The Labute approximate surface area is 147 Å².